The standard InChI is InChI=1S/C14H25N3O/c1-3-4-5-10-17-13(18)12-6-8-14(11-15,16-2)9-7-12/h12,16H,3-10H2,1-2H3,(H,17,18). The summed E-state index contributed by atoms with van der Waals surface area (Å²) >= 11 is 0. The van der Waals surface area contributed by atoms with E-state index in [0.717, 1.165) is 38.6 Å². The summed E-state index contributed by atoms with van der Waals surface area (Å²) in [7, 11) is 1.83. The van der Waals surface area contributed by atoms with Crippen LogP contribution in [0.3, 0.4) is 0 Å². The van der Waals surface area contributed by atoms with Crippen molar-refractivity contribution in [3.8, 4) is 6.07 Å². The van der Waals surface area contributed by atoms with E-state index in [2.05, 4.69) is 23.6 Å². The van der Waals surface area contributed by atoms with Crippen LogP contribution in [-0.2, 0) is 4.79 Å². The molecule has 18 heavy (non-hydrogen) atoms. The van der Waals surface area contributed by atoms with E-state index in [1.165, 1.54) is 12.8 Å². The van der Waals surface area contributed by atoms with E-state index >= 15 is 0 Å². The molecule has 4 nitrogen and oxygen atoms in total. The van der Waals surface area contributed by atoms with Gasteiger partial charge in [-0.1, -0.05) is 19.8 Å². The van der Waals surface area contributed by atoms with Gasteiger partial charge in [0, 0.05) is 12.5 Å². The lowest BCUT2D eigenvalue weighted by molar-refractivity contribution is -0.126. The number of rotatable bonds is 6. The van der Waals surface area contributed by atoms with Crippen molar-refractivity contribution in [2.45, 2.75) is 57.4 Å². The zero-order valence-corrected chi connectivity index (χ0v) is 11.6. The summed E-state index contributed by atoms with van der Waals surface area (Å²) in [5.41, 5.74) is -0.404. The fraction of sp³-hybridized carbons (Fsp3) is 0.857. The topological polar surface area (TPSA) is 64.9 Å². The van der Waals surface area contributed by atoms with Gasteiger partial charge in [-0.2, -0.15) is 5.26 Å². The number of nitrogens with zero attached hydrogens (tertiary/aromatic N) is 1. The van der Waals surface area contributed by atoms with Gasteiger partial charge in [0.25, 0.3) is 0 Å². The predicted octanol–water partition coefficient (Wildman–Crippen LogP) is 1.96. The smallest absolute Gasteiger partial charge is 0.223 e. The lowest BCUT2D eigenvalue weighted by atomic mass is 9.77. The number of nitriles is 1. The van der Waals surface area contributed by atoms with Crippen molar-refractivity contribution < 1.29 is 4.79 Å². The number of carbonyl (C=O) groups is 1. The van der Waals surface area contributed by atoms with Gasteiger partial charge in [-0.25, -0.2) is 0 Å². The second kappa shape index (κ2) is 7.38. The zero-order valence-electron chi connectivity index (χ0n) is 11.6. The Labute approximate surface area is 110 Å². The van der Waals surface area contributed by atoms with Crippen LogP contribution >= 0.6 is 0 Å². The minimum Gasteiger partial charge on any atom is -0.356 e. The molecule has 0 aromatic rings. The molecule has 0 saturated heterocycles. The monoisotopic (exact) mass is 251 g/mol. The minimum absolute atomic E-state index is 0.0986. The molecule has 0 aromatic carbocycles. The highest BCUT2D eigenvalue weighted by Gasteiger charge is 2.36. The van der Waals surface area contributed by atoms with Crippen molar-refractivity contribution >= 4 is 5.91 Å². The number of hydrogen-bond donors (Lipinski definition) is 2. The average Bonchev–Trinajstić information content (AvgIpc) is 2.43. The molecule has 0 atom stereocenters. The average molecular weight is 251 g/mol. The van der Waals surface area contributed by atoms with Gasteiger partial charge in [0.2, 0.25) is 5.91 Å². The first-order chi connectivity index (χ1) is 8.67. The third-order valence-electron chi connectivity index (χ3n) is 3.98. The molecule has 0 heterocycles. The first-order valence-corrected chi connectivity index (χ1v) is 7.05. The van der Waals surface area contributed by atoms with Crippen molar-refractivity contribution in [2.24, 2.45) is 5.92 Å². The highest BCUT2D eigenvalue weighted by Crippen LogP contribution is 2.31. The molecule has 0 radical (unpaired) electrons. The molecule has 1 aliphatic carbocycles. The van der Waals surface area contributed by atoms with E-state index < -0.39 is 5.54 Å². The molecule has 0 aliphatic heterocycles. The van der Waals surface area contributed by atoms with Crippen LogP contribution in [0.2, 0.25) is 0 Å². The third kappa shape index (κ3) is 3.99. The van der Waals surface area contributed by atoms with E-state index in [-0.39, 0.29) is 11.8 Å². The summed E-state index contributed by atoms with van der Waals surface area (Å²) in [5, 5.41) is 15.3. The normalized spacial score (nSPS) is 27.5. The Morgan fingerprint density at radius 1 is 1.39 bits per heavy atom. The molecule has 0 unspecified atom stereocenters. The van der Waals surface area contributed by atoms with Crippen LogP contribution < -0.4 is 10.6 Å². The van der Waals surface area contributed by atoms with Crippen molar-refractivity contribution in [3.63, 3.8) is 0 Å². The van der Waals surface area contributed by atoms with E-state index in [0.29, 0.717) is 0 Å². The molecule has 0 aromatic heterocycles. The van der Waals surface area contributed by atoms with Crippen LogP contribution in [-0.4, -0.2) is 25.0 Å². The van der Waals surface area contributed by atoms with Crippen LogP contribution in [0.4, 0.5) is 0 Å². The molecule has 1 aliphatic rings. The largest absolute Gasteiger partial charge is 0.356 e. The molecule has 0 spiro atoms. The lowest BCUT2D eigenvalue weighted by Gasteiger charge is -2.34. The molecule has 1 saturated carbocycles. The molecule has 0 bridgehead atoms. The van der Waals surface area contributed by atoms with Crippen molar-refractivity contribution in [1.29, 1.82) is 5.26 Å². The van der Waals surface area contributed by atoms with Gasteiger partial charge in [-0.3, -0.25) is 4.79 Å². The summed E-state index contributed by atoms with van der Waals surface area (Å²) in [6.45, 7) is 2.95. The van der Waals surface area contributed by atoms with Gasteiger partial charge < -0.3 is 10.6 Å². The van der Waals surface area contributed by atoms with E-state index in [9.17, 15) is 4.79 Å². The van der Waals surface area contributed by atoms with E-state index in [4.69, 9.17) is 5.26 Å². The molecular formula is C14H25N3O. The first-order valence-electron chi connectivity index (χ1n) is 7.05. The number of nitrogens with one attached hydrogen (secondary N) is 2. The Hall–Kier alpha value is -1.08. The van der Waals surface area contributed by atoms with Crippen LogP contribution in [0.5, 0.6) is 0 Å². The fourth-order valence-electron chi connectivity index (χ4n) is 2.52. The Morgan fingerprint density at radius 2 is 2.06 bits per heavy atom. The second-order valence-corrected chi connectivity index (χ2v) is 5.22. The highest BCUT2D eigenvalue weighted by molar-refractivity contribution is 5.78. The Kier molecular flexibility index (Phi) is 6.14. The number of carbonyl (C=O) groups excluding carboxylic acids is 1. The summed E-state index contributed by atoms with van der Waals surface area (Å²) in [6, 6.07) is 2.34. The lowest BCUT2D eigenvalue weighted by Crippen LogP contribution is -2.46. The van der Waals surface area contributed by atoms with Gasteiger partial charge in [0.1, 0.15) is 5.54 Å². The van der Waals surface area contributed by atoms with Crippen LogP contribution in [0.1, 0.15) is 51.9 Å². The van der Waals surface area contributed by atoms with Crippen LogP contribution in [0, 0.1) is 17.2 Å². The Bertz CT molecular complexity index is 301. The molecule has 1 rings (SSSR count). The maximum absolute atomic E-state index is 11.9. The van der Waals surface area contributed by atoms with E-state index in [1.54, 1.807) is 0 Å². The SMILES string of the molecule is CCCCCNC(=O)C1CCC(C#N)(NC)CC1. The maximum atomic E-state index is 11.9. The molecule has 4 heteroatoms. The van der Waals surface area contributed by atoms with Gasteiger partial charge in [0.05, 0.1) is 6.07 Å². The minimum atomic E-state index is -0.404. The van der Waals surface area contributed by atoms with Gasteiger partial charge in [-0.15, -0.1) is 0 Å². The van der Waals surface area contributed by atoms with Crippen molar-refractivity contribution in [2.75, 3.05) is 13.6 Å². The van der Waals surface area contributed by atoms with Gasteiger partial charge >= 0.3 is 0 Å². The quantitative estimate of drug-likeness (QED) is 0.709. The van der Waals surface area contributed by atoms with Crippen LogP contribution in [0.25, 0.3) is 0 Å². The summed E-state index contributed by atoms with van der Waals surface area (Å²) in [5.74, 6) is 0.273. The molecule has 1 amide bonds. The van der Waals surface area contributed by atoms with Gasteiger partial charge in [0.15, 0.2) is 0 Å². The zero-order chi connectivity index (χ0) is 13.4. The van der Waals surface area contributed by atoms with E-state index in [1.807, 2.05) is 7.05 Å². The molecule has 1 fully saturated rings. The molecule has 2 N–H and O–H groups in total. The Morgan fingerprint density at radius 3 is 2.56 bits per heavy atom. The number of amides is 1. The first kappa shape index (κ1) is 15.0. The number of unbranched alkanes of at least 4 members (excludes halogenated alkanes) is 2. The molecular weight excluding hydrogens is 226 g/mol. The summed E-state index contributed by atoms with van der Waals surface area (Å²) in [4.78, 5) is 11.9. The van der Waals surface area contributed by atoms with Crippen molar-refractivity contribution in [3.05, 3.63) is 0 Å². The molecule has 102 valence electrons. The predicted molar refractivity (Wildman–Crippen MR) is 71.9 cm³/mol. The third-order valence-corrected chi connectivity index (χ3v) is 3.98. The Balaban J connectivity index is 2.30. The van der Waals surface area contributed by atoms with Crippen molar-refractivity contribution in [1.82, 2.24) is 10.6 Å². The maximum Gasteiger partial charge on any atom is 0.223 e. The van der Waals surface area contributed by atoms with Gasteiger partial charge in [-0.05, 0) is 39.2 Å². The summed E-state index contributed by atoms with van der Waals surface area (Å²) in [6.07, 6.45) is 6.57. The second-order valence-electron chi connectivity index (χ2n) is 5.22. The fourth-order valence-corrected chi connectivity index (χ4v) is 2.52. The summed E-state index contributed by atoms with van der Waals surface area (Å²) < 4.78 is 0. The van der Waals surface area contributed by atoms with Crippen LogP contribution in [0.15, 0.2) is 0 Å². The number of hydrogen-bond acceptors (Lipinski definition) is 3. The highest BCUT2D eigenvalue weighted by atomic mass is 16.1.